The first-order valence-corrected chi connectivity index (χ1v) is 7.98. The monoisotopic (exact) mass is 344 g/mol. The smallest absolute Gasteiger partial charge is 0.322 e. The Bertz CT molecular complexity index is 721. The van der Waals surface area contributed by atoms with Gasteiger partial charge >= 0.3 is 6.03 Å². The molecule has 124 valence electrons. The van der Waals surface area contributed by atoms with Crippen LogP contribution in [0.2, 0.25) is 5.02 Å². The standard InChI is InChI=1S/C17H17ClN4O2/c18-14-5-3-13(4-6-14)11-21-8-9-22(12-16(21)23)17(24)20-15-2-1-7-19-10-15/h1-7,10H,8-9,11-12H2,(H,20,24). The third-order valence-electron chi connectivity index (χ3n) is 3.81. The van der Waals surface area contributed by atoms with Crippen LogP contribution in [0.15, 0.2) is 48.8 Å². The number of hydrogen-bond acceptors (Lipinski definition) is 3. The molecule has 0 saturated carbocycles. The molecule has 1 N–H and O–H groups in total. The van der Waals surface area contributed by atoms with E-state index in [4.69, 9.17) is 11.6 Å². The van der Waals surface area contributed by atoms with Crippen LogP contribution in [-0.2, 0) is 11.3 Å². The lowest BCUT2D eigenvalue weighted by Gasteiger charge is -2.34. The maximum atomic E-state index is 12.3. The van der Waals surface area contributed by atoms with E-state index in [0.717, 1.165) is 5.56 Å². The Morgan fingerprint density at radius 3 is 2.67 bits per heavy atom. The van der Waals surface area contributed by atoms with Gasteiger partial charge in [-0.2, -0.15) is 0 Å². The predicted octanol–water partition coefficient (Wildman–Crippen LogP) is 2.61. The van der Waals surface area contributed by atoms with Gasteiger partial charge in [0.05, 0.1) is 11.9 Å². The van der Waals surface area contributed by atoms with Crippen molar-refractivity contribution in [2.45, 2.75) is 6.54 Å². The van der Waals surface area contributed by atoms with E-state index < -0.39 is 0 Å². The number of halogens is 1. The average molecular weight is 345 g/mol. The molecule has 2 aromatic rings. The third kappa shape index (κ3) is 4.02. The first-order valence-electron chi connectivity index (χ1n) is 7.60. The maximum absolute atomic E-state index is 12.3. The quantitative estimate of drug-likeness (QED) is 0.930. The fourth-order valence-corrected chi connectivity index (χ4v) is 2.62. The fourth-order valence-electron chi connectivity index (χ4n) is 2.50. The van der Waals surface area contributed by atoms with Gasteiger partial charge in [0.15, 0.2) is 0 Å². The predicted molar refractivity (Wildman–Crippen MR) is 91.7 cm³/mol. The van der Waals surface area contributed by atoms with Crippen molar-refractivity contribution >= 4 is 29.2 Å². The normalized spacial score (nSPS) is 14.6. The number of piperazine rings is 1. The number of anilines is 1. The van der Waals surface area contributed by atoms with E-state index in [-0.39, 0.29) is 18.5 Å². The average Bonchev–Trinajstić information content (AvgIpc) is 2.59. The van der Waals surface area contributed by atoms with Crippen molar-refractivity contribution in [3.05, 3.63) is 59.4 Å². The molecule has 1 aliphatic heterocycles. The number of nitrogens with zero attached hydrogens (tertiary/aromatic N) is 3. The molecule has 6 nitrogen and oxygen atoms in total. The van der Waals surface area contributed by atoms with E-state index in [1.54, 1.807) is 41.6 Å². The SMILES string of the molecule is O=C1CN(C(=O)Nc2cccnc2)CCN1Cc1ccc(Cl)cc1. The number of nitrogens with one attached hydrogen (secondary N) is 1. The van der Waals surface area contributed by atoms with Crippen LogP contribution < -0.4 is 5.32 Å². The summed E-state index contributed by atoms with van der Waals surface area (Å²) in [5.74, 6) is -0.0717. The molecule has 0 aliphatic carbocycles. The van der Waals surface area contributed by atoms with Crippen LogP contribution in [0, 0.1) is 0 Å². The van der Waals surface area contributed by atoms with Crippen molar-refractivity contribution < 1.29 is 9.59 Å². The number of pyridine rings is 1. The molecule has 1 aromatic carbocycles. The Morgan fingerprint density at radius 1 is 1.21 bits per heavy atom. The van der Waals surface area contributed by atoms with Crippen molar-refractivity contribution in [2.24, 2.45) is 0 Å². The van der Waals surface area contributed by atoms with Crippen LogP contribution in [0.5, 0.6) is 0 Å². The molecule has 0 spiro atoms. The van der Waals surface area contributed by atoms with Crippen molar-refractivity contribution in [1.82, 2.24) is 14.8 Å². The summed E-state index contributed by atoms with van der Waals surface area (Å²) in [5, 5.41) is 3.41. The molecule has 1 saturated heterocycles. The number of carbonyl (C=O) groups excluding carboxylic acids is 2. The van der Waals surface area contributed by atoms with E-state index in [1.165, 1.54) is 4.90 Å². The highest BCUT2D eigenvalue weighted by molar-refractivity contribution is 6.30. The molecule has 0 unspecified atom stereocenters. The van der Waals surface area contributed by atoms with Crippen LogP contribution in [0.3, 0.4) is 0 Å². The van der Waals surface area contributed by atoms with Crippen LogP contribution in [0.1, 0.15) is 5.56 Å². The van der Waals surface area contributed by atoms with E-state index in [1.807, 2.05) is 12.1 Å². The molecule has 3 rings (SSSR count). The van der Waals surface area contributed by atoms with Gasteiger partial charge in [-0.1, -0.05) is 23.7 Å². The van der Waals surface area contributed by atoms with E-state index in [9.17, 15) is 9.59 Å². The molecule has 1 aromatic heterocycles. The van der Waals surface area contributed by atoms with Crippen LogP contribution in [-0.4, -0.2) is 46.4 Å². The van der Waals surface area contributed by atoms with Gasteiger partial charge < -0.3 is 15.1 Å². The van der Waals surface area contributed by atoms with Gasteiger partial charge in [-0.25, -0.2) is 4.79 Å². The molecule has 3 amide bonds. The lowest BCUT2D eigenvalue weighted by Crippen LogP contribution is -2.52. The molecule has 0 atom stereocenters. The summed E-state index contributed by atoms with van der Waals surface area (Å²) in [5.41, 5.74) is 1.62. The van der Waals surface area contributed by atoms with Crippen LogP contribution in [0.4, 0.5) is 10.5 Å². The summed E-state index contributed by atoms with van der Waals surface area (Å²) < 4.78 is 0. The van der Waals surface area contributed by atoms with Gasteiger partial charge in [0.1, 0.15) is 6.54 Å². The summed E-state index contributed by atoms with van der Waals surface area (Å²) in [4.78, 5) is 31.7. The second-order valence-electron chi connectivity index (χ2n) is 5.54. The Balaban J connectivity index is 1.55. The van der Waals surface area contributed by atoms with Crippen LogP contribution in [0.25, 0.3) is 0 Å². The number of urea groups is 1. The van der Waals surface area contributed by atoms with Gasteiger partial charge in [-0.15, -0.1) is 0 Å². The zero-order chi connectivity index (χ0) is 16.9. The summed E-state index contributed by atoms with van der Waals surface area (Å²) >= 11 is 5.87. The Hall–Kier alpha value is -2.60. The van der Waals surface area contributed by atoms with Gasteiger partial charge in [-0.05, 0) is 29.8 Å². The minimum absolute atomic E-state index is 0.0691. The molecule has 1 fully saturated rings. The highest BCUT2D eigenvalue weighted by Crippen LogP contribution is 2.14. The second-order valence-corrected chi connectivity index (χ2v) is 5.97. The first kappa shape index (κ1) is 16.3. The second kappa shape index (κ2) is 7.31. The Morgan fingerprint density at radius 2 is 2.00 bits per heavy atom. The zero-order valence-corrected chi connectivity index (χ0v) is 13.7. The van der Waals surface area contributed by atoms with Gasteiger partial charge in [0.2, 0.25) is 5.91 Å². The molecule has 1 aliphatic rings. The number of rotatable bonds is 3. The number of amides is 3. The minimum Gasteiger partial charge on any atom is -0.335 e. The molecule has 7 heteroatoms. The maximum Gasteiger partial charge on any atom is 0.322 e. The summed E-state index contributed by atoms with van der Waals surface area (Å²) in [6.07, 6.45) is 3.20. The fraction of sp³-hybridized carbons (Fsp3) is 0.235. The van der Waals surface area contributed by atoms with Crippen molar-refractivity contribution in [1.29, 1.82) is 0 Å². The number of hydrogen-bond donors (Lipinski definition) is 1. The lowest BCUT2D eigenvalue weighted by atomic mass is 10.2. The first-order chi connectivity index (χ1) is 11.6. The molecular formula is C17H17ClN4O2. The summed E-state index contributed by atoms with van der Waals surface area (Å²) in [6, 6.07) is 10.6. The van der Waals surface area contributed by atoms with Gasteiger partial charge in [0.25, 0.3) is 0 Å². The summed E-state index contributed by atoms with van der Waals surface area (Å²) in [7, 11) is 0. The summed E-state index contributed by atoms with van der Waals surface area (Å²) in [6.45, 7) is 1.58. The highest BCUT2D eigenvalue weighted by Gasteiger charge is 2.27. The molecule has 2 heterocycles. The number of aromatic nitrogens is 1. The van der Waals surface area contributed by atoms with E-state index in [2.05, 4.69) is 10.3 Å². The highest BCUT2D eigenvalue weighted by atomic mass is 35.5. The molecular weight excluding hydrogens is 328 g/mol. The number of carbonyl (C=O) groups is 2. The van der Waals surface area contributed by atoms with E-state index >= 15 is 0 Å². The molecule has 24 heavy (non-hydrogen) atoms. The van der Waals surface area contributed by atoms with Gasteiger partial charge in [0, 0.05) is 30.9 Å². The molecule has 0 radical (unpaired) electrons. The molecule has 0 bridgehead atoms. The minimum atomic E-state index is -0.289. The van der Waals surface area contributed by atoms with Crippen LogP contribution >= 0.6 is 11.6 Å². The topological polar surface area (TPSA) is 65.5 Å². The Kier molecular flexibility index (Phi) is 4.96. The lowest BCUT2D eigenvalue weighted by molar-refractivity contribution is -0.135. The van der Waals surface area contributed by atoms with Crippen molar-refractivity contribution in [3.63, 3.8) is 0 Å². The Labute approximate surface area is 145 Å². The number of benzene rings is 1. The van der Waals surface area contributed by atoms with Crippen molar-refractivity contribution in [3.8, 4) is 0 Å². The van der Waals surface area contributed by atoms with Gasteiger partial charge in [-0.3, -0.25) is 9.78 Å². The third-order valence-corrected chi connectivity index (χ3v) is 4.06. The van der Waals surface area contributed by atoms with E-state index in [0.29, 0.717) is 30.3 Å². The largest absolute Gasteiger partial charge is 0.335 e. The van der Waals surface area contributed by atoms with Crippen molar-refractivity contribution in [2.75, 3.05) is 25.0 Å². The zero-order valence-electron chi connectivity index (χ0n) is 13.0.